The van der Waals surface area contributed by atoms with Crippen LogP contribution in [0.4, 0.5) is 5.82 Å². The summed E-state index contributed by atoms with van der Waals surface area (Å²) in [4.78, 5) is 14.1. The number of nitrogens with one attached hydrogen (secondary N) is 1. The molecule has 38 heavy (non-hydrogen) atoms. The lowest BCUT2D eigenvalue weighted by Crippen LogP contribution is -2.44. The van der Waals surface area contributed by atoms with Crippen LogP contribution in [0.1, 0.15) is 50.5 Å². The summed E-state index contributed by atoms with van der Waals surface area (Å²) in [6.07, 6.45) is 11.9. The fourth-order valence-electron chi connectivity index (χ4n) is 5.89. The summed E-state index contributed by atoms with van der Waals surface area (Å²) in [5, 5.41) is 16.5. The molecule has 2 aromatic rings. The molecule has 200 valence electrons. The molecule has 0 saturated carbocycles. The molecule has 2 fully saturated rings. The number of aliphatic hydroxyl groups is 1. The van der Waals surface area contributed by atoms with Crippen LogP contribution >= 0.6 is 23.2 Å². The first-order valence-corrected chi connectivity index (χ1v) is 14.1. The molecular formula is C30H35Cl2N5O. The molecule has 1 aromatic carbocycles. The Bertz CT molecular complexity index is 1280. The van der Waals surface area contributed by atoms with E-state index in [0.717, 1.165) is 56.0 Å². The number of piperazine rings is 1. The SMILES string of the molecule is CC1CCC(CC(C)(O)c2nccc(N3CCNCC3)n2)N1C(C1=C(Cl)C=C=CC=C1)c1ccccc1Cl. The van der Waals surface area contributed by atoms with Crippen LogP contribution in [0.3, 0.4) is 0 Å². The second-order valence-corrected chi connectivity index (χ2v) is 11.4. The molecule has 4 unspecified atom stereocenters. The van der Waals surface area contributed by atoms with E-state index in [2.05, 4.69) is 38.8 Å². The van der Waals surface area contributed by atoms with Crippen molar-refractivity contribution in [3.05, 3.63) is 93.6 Å². The molecule has 1 aliphatic carbocycles. The number of rotatable bonds is 7. The third kappa shape index (κ3) is 5.76. The van der Waals surface area contributed by atoms with Gasteiger partial charge in [-0.3, -0.25) is 4.90 Å². The summed E-state index contributed by atoms with van der Waals surface area (Å²) in [7, 11) is 0. The molecule has 6 nitrogen and oxygen atoms in total. The monoisotopic (exact) mass is 551 g/mol. The van der Waals surface area contributed by atoms with E-state index >= 15 is 0 Å². The predicted octanol–water partition coefficient (Wildman–Crippen LogP) is 5.51. The highest BCUT2D eigenvalue weighted by Crippen LogP contribution is 2.45. The maximum absolute atomic E-state index is 11.8. The highest BCUT2D eigenvalue weighted by Gasteiger charge is 2.43. The topological polar surface area (TPSA) is 64.5 Å². The molecule has 5 rings (SSSR count). The van der Waals surface area contributed by atoms with E-state index in [-0.39, 0.29) is 18.1 Å². The van der Waals surface area contributed by atoms with Crippen molar-refractivity contribution in [3.63, 3.8) is 0 Å². The van der Waals surface area contributed by atoms with Crippen LogP contribution in [0.25, 0.3) is 0 Å². The Labute approximate surface area is 235 Å². The number of nitrogens with zero attached hydrogens (tertiary/aromatic N) is 4. The predicted molar refractivity (Wildman–Crippen MR) is 154 cm³/mol. The average Bonchev–Trinajstić information content (AvgIpc) is 3.13. The largest absolute Gasteiger partial charge is 0.382 e. The van der Waals surface area contributed by atoms with Gasteiger partial charge in [0.15, 0.2) is 5.82 Å². The second kappa shape index (κ2) is 11.7. The molecule has 0 bridgehead atoms. The normalized spacial score (nSPS) is 24.5. The van der Waals surface area contributed by atoms with Crippen molar-refractivity contribution in [2.24, 2.45) is 0 Å². The van der Waals surface area contributed by atoms with Crippen LogP contribution in [0.2, 0.25) is 5.02 Å². The first kappa shape index (κ1) is 27.1. The molecule has 8 heteroatoms. The lowest BCUT2D eigenvalue weighted by Gasteiger charge is -2.40. The molecule has 0 spiro atoms. The van der Waals surface area contributed by atoms with Gasteiger partial charge >= 0.3 is 0 Å². The highest BCUT2D eigenvalue weighted by atomic mass is 35.5. The fraction of sp³-hybridized carbons (Fsp3) is 0.433. The van der Waals surface area contributed by atoms with Gasteiger partial charge in [-0.25, -0.2) is 9.97 Å². The summed E-state index contributed by atoms with van der Waals surface area (Å²) < 4.78 is 0. The van der Waals surface area contributed by atoms with Crippen molar-refractivity contribution < 1.29 is 5.11 Å². The Kier molecular flexibility index (Phi) is 8.39. The van der Waals surface area contributed by atoms with Gasteiger partial charge in [0.05, 0.1) is 11.1 Å². The maximum atomic E-state index is 11.8. The van der Waals surface area contributed by atoms with Gasteiger partial charge in [0, 0.05) is 49.5 Å². The maximum Gasteiger partial charge on any atom is 0.162 e. The zero-order chi connectivity index (χ0) is 26.7. The number of hydrogen-bond donors (Lipinski definition) is 2. The third-order valence-electron chi connectivity index (χ3n) is 7.79. The van der Waals surface area contributed by atoms with Crippen molar-refractivity contribution in [3.8, 4) is 0 Å². The first-order valence-electron chi connectivity index (χ1n) is 13.4. The van der Waals surface area contributed by atoms with Crippen molar-refractivity contribution in [1.82, 2.24) is 20.2 Å². The molecule has 2 aliphatic heterocycles. The van der Waals surface area contributed by atoms with Crippen molar-refractivity contribution >= 4 is 29.0 Å². The third-order valence-corrected chi connectivity index (χ3v) is 8.46. The molecular weight excluding hydrogens is 517 g/mol. The van der Waals surface area contributed by atoms with Gasteiger partial charge in [0.25, 0.3) is 0 Å². The number of halogens is 2. The molecule has 3 aliphatic rings. The average molecular weight is 553 g/mol. The number of hydrogen-bond acceptors (Lipinski definition) is 6. The van der Waals surface area contributed by atoms with E-state index in [4.69, 9.17) is 28.2 Å². The van der Waals surface area contributed by atoms with Crippen LogP contribution in [0.5, 0.6) is 0 Å². The van der Waals surface area contributed by atoms with Gasteiger partial charge in [-0.05, 0) is 68.5 Å². The van der Waals surface area contributed by atoms with E-state index < -0.39 is 5.60 Å². The van der Waals surface area contributed by atoms with Gasteiger partial charge in [0.2, 0.25) is 0 Å². The summed E-state index contributed by atoms with van der Waals surface area (Å²) >= 11 is 13.6. The number of likely N-dealkylation sites (tertiary alicyclic amines) is 1. The zero-order valence-electron chi connectivity index (χ0n) is 21.9. The summed E-state index contributed by atoms with van der Waals surface area (Å²) in [5.41, 5.74) is 3.87. The van der Waals surface area contributed by atoms with E-state index in [9.17, 15) is 5.11 Å². The standard InChI is InChI=1S/C30H35Cl2N5O/c1-21-12-13-22(20-30(2,38)29-34-15-14-27(35-29)36-18-16-33-17-19-36)37(21)28(24-9-6-7-11-26(24)32)23-8-4-3-5-10-25(23)31/h3-4,6-11,14-15,21-22,28,33,38H,12-13,16-20H2,1-2H3. The minimum absolute atomic E-state index is 0.0678. The molecule has 0 amide bonds. The highest BCUT2D eigenvalue weighted by molar-refractivity contribution is 6.32. The Morgan fingerprint density at radius 3 is 2.76 bits per heavy atom. The smallest absolute Gasteiger partial charge is 0.162 e. The Balaban J connectivity index is 1.48. The van der Waals surface area contributed by atoms with Crippen LogP contribution < -0.4 is 10.2 Å². The summed E-state index contributed by atoms with van der Waals surface area (Å²) in [5.74, 6) is 1.32. The van der Waals surface area contributed by atoms with E-state index in [1.807, 2.05) is 55.5 Å². The molecule has 0 radical (unpaired) electrons. The van der Waals surface area contributed by atoms with Gasteiger partial charge in [-0.1, -0.05) is 53.6 Å². The van der Waals surface area contributed by atoms with Gasteiger partial charge < -0.3 is 15.3 Å². The first-order chi connectivity index (χ1) is 18.3. The zero-order valence-corrected chi connectivity index (χ0v) is 23.5. The Morgan fingerprint density at radius 1 is 1.18 bits per heavy atom. The summed E-state index contributed by atoms with van der Waals surface area (Å²) in [6.45, 7) is 7.69. The number of anilines is 1. The second-order valence-electron chi connectivity index (χ2n) is 10.5. The number of benzene rings is 1. The van der Waals surface area contributed by atoms with Gasteiger partial charge in [-0.15, -0.1) is 5.73 Å². The lowest BCUT2D eigenvalue weighted by atomic mass is 9.90. The number of allylic oxidation sites excluding steroid dienone is 3. The molecule has 1 aromatic heterocycles. The van der Waals surface area contributed by atoms with Crippen molar-refractivity contribution in [2.75, 3.05) is 31.1 Å². The van der Waals surface area contributed by atoms with Crippen LogP contribution in [0, 0.1) is 0 Å². The lowest BCUT2D eigenvalue weighted by molar-refractivity contribution is 0.00449. The van der Waals surface area contributed by atoms with E-state index in [1.165, 1.54) is 0 Å². The molecule has 4 atom stereocenters. The molecule has 2 N–H and O–H groups in total. The van der Waals surface area contributed by atoms with Gasteiger partial charge in [0.1, 0.15) is 11.4 Å². The molecule has 3 heterocycles. The molecule has 2 saturated heterocycles. The van der Waals surface area contributed by atoms with Gasteiger partial charge in [-0.2, -0.15) is 0 Å². The van der Waals surface area contributed by atoms with Crippen molar-refractivity contribution in [2.45, 2.75) is 56.8 Å². The minimum Gasteiger partial charge on any atom is -0.382 e. The Morgan fingerprint density at radius 2 is 1.97 bits per heavy atom. The number of aromatic nitrogens is 2. The van der Waals surface area contributed by atoms with Crippen LogP contribution in [0.15, 0.2) is 77.2 Å². The summed E-state index contributed by atoms with van der Waals surface area (Å²) in [6, 6.07) is 10.0. The van der Waals surface area contributed by atoms with E-state index in [0.29, 0.717) is 22.3 Å². The minimum atomic E-state index is -1.21. The van der Waals surface area contributed by atoms with Crippen LogP contribution in [-0.4, -0.2) is 58.2 Å². The van der Waals surface area contributed by atoms with E-state index in [1.54, 1.807) is 6.20 Å². The van der Waals surface area contributed by atoms with Crippen molar-refractivity contribution in [1.29, 1.82) is 0 Å². The van der Waals surface area contributed by atoms with Crippen LogP contribution in [-0.2, 0) is 5.60 Å². The quantitative estimate of drug-likeness (QED) is 0.442. The fourth-order valence-corrected chi connectivity index (χ4v) is 6.36. The Hall–Kier alpha value is -2.44.